The van der Waals surface area contributed by atoms with E-state index in [0.717, 1.165) is 11.1 Å². The van der Waals surface area contributed by atoms with E-state index in [1.807, 2.05) is 0 Å². The molecule has 0 saturated heterocycles. The highest BCUT2D eigenvalue weighted by molar-refractivity contribution is 5.76. The van der Waals surface area contributed by atoms with Crippen LogP contribution in [0.4, 0.5) is 4.39 Å². The molecule has 0 aliphatic rings. The number of nitrogens with one attached hydrogen (secondary N) is 1. The third-order valence-corrected chi connectivity index (χ3v) is 4.69. The Balaban J connectivity index is 1.62. The molecule has 1 amide bonds. The molecule has 0 spiro atoms. The van der Waals surface area contributed by atoms with E-state index < -0.39 is 11.5 Å². The van der Waals surface area contributed by atoms with Gasteiger partial charge in [-0.25, -0.2) is 18.3 Å². The summed E-state index contributed by atoms with van der Waals surface area (Å²) in [6, 6.07) is 9.15. The standard InChI is InChI=1S/C21H21FN6O3/c1-13(2)8-9-23-17(29)12-28-21(30)27-10-4-7-16(19(27)25-28)20-24-18(26-31-20)14-5-3-6-15(22)11-14/h3-7,10-11,13H,8-9,12H2,1-2H3,(H,23,29). The van der Waals surface area contributed by atoms with E-state index in [1.54, 1.807) is 30.5 Å². The number of amides is 1. The number of hydrogen-bond acceptors (Lipinski definition) is 6. The van der Waals surface area contributed by atoms with Crippen LogP contribution in [0.3, 0.4) is 0 Å². The number of rotatable bonds is 7. The van der Waals surface area contributed by atoms with E-state index in [9.17, 15) is 14.0 Å². The molecular formula is C21H21FN6O3. The van der Waals surface area contributed by atoms with Gasteiger partial charge in [-0.2, -0.15) is 4.98 Å². The van der Waals surface area contributed by atoms with Crippen LogP contribution in [-0.2, 0) is 11.3 Å². The molecule has 0 bridgehead atoms. The first-order valence-electron chi connectivity index (χ1n) is 9.87. The summed E-state index contributed by atoms with van der Waals surface area (Å²) in [6.07, 6.45) is 2.39. The van der Waals surface area contributed by atoms with Gasteiger partial charge < -0.3 is 9.84 Å². The lowest BCUT2D eigenvalue weighted by atomic mass is 10.1. The highest BCUT2D eigenvalue weighted by Crippen LogP contribution is 2.24. The van der Waals surface area contributed by atoms with Crippen molar-refractivity contribution in [2.45, 2.75) is 26.8 Å². The largest absolute Gasteiger partial charge is 0.354 e. The quantitative estimate of drug-likeness (QED) is 0.489. The molecular weight excluding hydrogens is 403 g/mol. The Hall–Kier alpha value is -3.82. The number of hydrogen-bond donors (Lipinski definition) is 1. The van der Waals surface area contributed by atoms with Gasteiger partial charge in [0.2, 0.25) is 11.7 Å². The van der Waals surface area contributed by atoms with E-state index in [1.165, 1.54) is 16.5 Å². The molecule has 3 heterocycles. The fourth-order valence-electron chi connectivity index (χ4n) is 3.08. The van der Waals surface area contributed by atoms with Crippen LogP contribution in [0, 0.1) is 11.7 Å². The molecule has 1 N–H and O–H groups in total. The van der Waals surface area contributed by atoms with Crippen molar-refractivity contribution < 1.29 is 13.7 Å². The summed E-state index contributed by atoms with van der Waals surface area (Å²) in [4.78, 5) is 29.2. The second-order valence-corrected chi connectivity index (χ2v) is 7.52. The molecule has 3 aromatic heterocycles. The lowest BCUT2D eigenvalue weighted by Gasteiger charge is -2.06. The molecule has 0 aliphatic carbocycles. The molecule has 4 aromatic rings. The second kappa shape index (κ2) is 8.50. The number of benzene rings is 1. The van der Waals surface area contributed by atoms with Gasteiger partial charge in [-0.1, -0.05) is 31.1 Å². The lowest BCUT2D eigenvalue weighted by Crippen LogP contribution is -2.33. The Morgan fingerprint density at radius 2 is 2.10 bits per heavy atom. The van der Waals surface area contributed by atoms with E-state index >= 15 is 0 Å². The van der Waals surface area contributed by atoms with Crippen LogP contribution in [0.2, 0.25) is 0 Å². The first kappa shape index (κ1) is 20.5. The molecule has 0 atom stereocenters. The SMILES string of the molecule is CC(C)CCNC(=O)Cn1nc2c(-c3nc(-c4cccc(F)c4)no3)cccn2c1=O. The zero-order valence-corrected chi connectivity index (χ0v) is 17.1. The Morgan fingerprint density at radius 1 is 1.26 bits per heavy atom. The number of fused-ring (bicyclic) bond motifs is 1. The molecule has 10 heteroatoms. The Kier molecular flexibility index (Phi) is 5.61. The summed E-state index contributed by atoms with van der Waals surface area (Å²) < 4.78 is 21.2. The normalized spacial score (nSPS) is 11.4. The van der Waals surface area contributed by atoms with Crippen LogP contribution in [0.1, 0.15) is 20.3 Å². The van der Waals surface area contributed by atoms with Gasteiger partial charge in [0.25, 0.3) is 5.89 Å². The summed E-state index contributed by atoms with van der Waals surface area (Å²) in [5, 5.41) is 11.0. The third kappa shape index (κ3) is 4.37. The third-order valence-electron chi connectivity index (χ3n) is 4.69. The molecule has 0 radical (unpaired) electrons. The molecule has 0 unspecified atom stereocenters. The van der Waals surface area contributed by atoms with Crippen LogP contribution in [-0.4, -0.2) is 36.8 Å². The van der Waals surface area contributed by atoms with Crippen LogP contribution in [0.15, 0.2) is 51.9 Å². The van der Waals surface area contributed by atoms with Gasteiger partial charge in [-0.15, -0.1) is 5.10 Å². The van der Waals surface area contributed by atoms with Crippen molar-refractivity contribution in [2.75, 3.05) is 6.54 Å². The minimum Gasteiger partial charge on any atom is -0.354 e. The number of nitrogens with zero attached hydrogens (tertiary/aromatic N) is 5. The van der Waals surface area contributed by atoms with Crippen molar-refractivity contribution in [1.29, 1.82) is 0 Å². The van der Waals surface area contributed by atoms with Crippen molar-refractivity contribution in [2.24, 2.45) is 5.92 Å². The average molecular weight is 424 g/mol. The van der Waals surface area contributed by atoms with Gasteiger partial charge in [0, 0.05) is 18.3 Å². The van der Waals surface area contributed by atoms with Crippen molar-refractivity contribution in [1.82, 2.24) is 29.6 Å². The van der Waals surface area contributed by atoms with Crippen LogP contribution >= 0.6 is 0 Å². The number of carbonyl (C=O) groups is 1. The first-order chi connectivity index (χ1) is 14.9. The highest BCUT2D eigenvalue weighted by Gasteiger charge is 2.18. The van der Waals surface area contributed by atoms with E-state index in [0.29, 0.717) is 23.6 Å². The van der Waals surface area contributed by atoms with Crippen molar-refractivity contribution in [3.63, 3.8) is 0 Å². The zero-order valence-electron chi connectivity index (χ0n) is 17.1. The van der Waals surface area contributed by atoms with Gasteiger partial charge in [0.15, 0.2) is 5.65 Å². The zero-order chi connectivity index (χ0) is 22.0. The molecule has 1 aromatic carbocycles. The first-order valence-corrected chi connectivity index (χ1v) is 9.87. The van der Waals surface area contributed by atoms with Gasteiger partial charge >= 0.3 is 5.69 Å². The van der Waals surface area contributed by atoms with Crippen LogP contribution < -0.4 is 11.0 Å². The van der Waals surface area contributed by atoms with Gasteiger partial charge in [0.1, 0.15) is 12.4 Å². The Bertz CT molecular complexity index is 1290. The fraction of sp³-hybridized carbons (Fsp3) is 0.286. The topological polar surface area (TPSA) is 107 Å². The van der Waals surface area contributed by atoms with Crippen molar-refractivity contribution >= 4 is 11.6 Å². The van der Waals surface area contributed by atoms with Crippen LogP contribution in [0.5, 0.6) is 0 Å². The molecule has 160 valence electrons. The maximum absolute atomic E-state index is 13.5. The van der Waals surface area contributed by atoms with E-state index in [2.05, 4.69) is 34.4 Å². The minimum absolute atomic E-state index is 0.128. The molecule has 0 saturated carbocycles. The second-order valence-electron chi connectivity index (χ2n) is 7.52. The molecule has 0 fully saturated rings. The molecule has 31 heavy (non-hydrogen) atoms. The Morgan fingerprint density at radius 3 is 2.87 bits per heavy atom. The van der Waals surface area contributed by atoms with Crippen molar-refractivity contribution in [3.05, 3.63) is 58.9 Å². The number of pyridine rings is 1. The summed E-state index contributed by atoms with van der Waals surface area (Å²) in [7, 11) is 0. The van der Waals surface area contributed by atoms with Gasteiger partial charge in [-0.05, 0) is 36.6 Å². The average Bonchev–Trinajstić information content (AvgIpc) is 3.33. The monoisotopic (exact) mass is 424 g/mol. The molecule has 9 nitrogen and oxygen atoms in total. The minimum atomic E-state index is -0.458. The number of carbonyl (C=O) groups excluding carboxylic acids is 1. The summed E-state index contributed by atoms with van der Waals surface area (Å²) in [5.41, 5.74) is 0.703. The predicted molar refractivity (Wildman–Crippen MR) is 111 cm³/mol. The maximum atomic E-state index is 13.5. The fourth-order valence-corrected chi connectivity index (χ4v) is 3.08. The smallest absolute Gasteiger partial charge is 0.350 e. The van der Waals surface area contributed by atoms with Crippen LogP contribution in [0.25, 0.3) is 28.5 Å². The molecule has 0 aliphatic heterocycles. The van der Waals surface area contributed by atoms with Crippen molar-refractivity contribution in [3.8, 4) is 22.8 Å². The van der Waals surface area contributed by atoms with E-state index in [4.69, 9.17) is 4.52 Å². The highest BCUT2D eigenvalue weighted by atomic mass is 19.1. The molecule has 4 rings (SSSR count). The van der Waals surface area contributed by atoms with E-state index in [-0.39, 0.29) is 29.8 Å². The van der Waals surface area contributed by atoms with Gasteiger partial charge in [-0.3, -0.25) is 4.79 Å². The number of halogens is 1. The predicted octanol–water partition coefficient (Wildman–Crippen LogP) is 2.51. The Labute approximate surface area is 176 Å². The summed E-state index contributed by atoms with van der Waals surface area (Å²) >= 11 is 0. The summed E-state index contributed by atoms with van der Waals surface area (Å²) in [5.74, 6) is 0.0977. The number of aromatic nitrogens is 5. The van der Waals surface area contributed by atoms with Gasteiger partial charge in [0.05, 0.1) is 5.56 Å². The maximum Gasteiger partial charge on any atom is 0.350 e. The summed E-state index contributed by atoms with van der Waals surface area (Å²) in [6.45, 7) is 4.47. The lowest BCUT2D eigenvalue weighted by molar-refractivity contribution is -0.121.